The Morgan fingerprint density at radius 1 is 1.05 bits per heavy atom. The molecule has 0 aliphatic heterocycles. The Bertz CT molecular complexity index is 236. The number of alkyl carbamates (subject to hydrolysis) is 1. The zero-order valence-corrected chi connectivity index (χ0v) is 13.0. The van der Waals surface area contributed by atoms with E-state index in [0.717, 1.165) is 13.0 Å². The number of amides is 1. The molecule has 0 rings (SSSR count). The third kappa shape index (κ3) is 15.1. The summed E-state index contributed by atoms with van der Waals surface area (Å²) in [4.78, 5) is 11.3. The molecule has 0 fully saturated rings. The summed E-state index contributed by atoms with van der Waals surface area (Å²) in [5.74, 6) is 0.666. The van der Waals surface area contributed by atoms with Crippen molar-refractivity contribution in [2.75, 3.05) is 33.0 Å². The smallest absolute Gasteiger partial charge is 0.407 e. The molecule has 0 bridgehead atoms. The number of nitrogens with one attached hydrogen (secondary N) is 1. The molecular weight excluding hydrogens is 246 g/mol. The second kappa shape index (κ2) is 10.0. The van der Waals surface area contributed by atoms with Crippen molar-refractivity contribution in [1.82, 2.24) is 5.32 Å². The average Bonchev–Trinajstić information content (AvgIpc) is 2.24. The van der Waals surface area contributed by atoms with E-state index >= 15 is 0 Å². The lowest BCUT2D eigenvalue weighted by atomic mass is 10.1. The average molecular weight is 275 g/mol. The van der Waals surface area contributed by atoms with Crippen molar-refractivity contribution >= 4 is 6.09 Å². The first-order chi connectivity index (χ1) is 8.81. The van der Waals surface area contributed by atoms with E-state index in [2.05, 4.69) is 19.2 Å². The molecule has 0 aromatic carbocycles. The Balaban J connectivity index is 3.25. The first-order valence-electron chi connectivity index (χ1n) is 6.93. The molecule has 19 heavy (non-hydrogen) atoms. The number of hydrogen-bond acceptors (Lipinski definition) is 4. The lowest BCUT2D eigenvalue weighted by Gasteiger charge is -2.19. The maximum Gasteiger partial charge on any atom is 0.407 e. The van der Waals surface area contributed by atoms with Gasteiger partial charge in [0.1, 0.15) is 5.60 Å². The van der Waals surface area contributed by atoms with Gasteiger partial charge in [-0.05, 0) is 33.1 Å². The van der Waals surface area contributed by atoms with Crippen molar-refractivity contribution < 1.29 is 19.0 Å². The van der Waals surface area contributed by atoms with Gasteiger partial charge in [0.25, 0.3) is 0 Å². The molecule has 0 aliphatic rings. The van der Waals surface area contributed by atoms with Gasteiger partial charge in [-0.25, -0.2) is 4.79 Å². The van der Waals surface area contributed by atoms with Crippen LogP contribution in [0.2, 0.25) is 0 Å². The maximum atomic E-state index is 11.3. The standard InChI is InChI=1S/C14H29NO4/c1-12(2)6-8-17-10-11-18-9-7-15-13(16)19-14(3,4)5/h12H,6-11H2,1-5H3,(H,15,16). The van der Waals surface area contributed by atoms with E-state index in [-0.39, 0.29) is 0 Å². The van der Waals surface area contributed by atoms with Crippen LogP contribution in [0.3, 0.4) is 0 Å². The zero-order valence-electron chi connectivity index (χ0n) is 13.0. The lowest BCUT2D eigenvalue weighted by molar-refractivity contribution is 0.0378. The van der Waals surface area contributed by atoms with E-state index in [1.54, 1.807) is 0 Å². The highest BCUT2D eigenvalue weighted by molar-refractivity contribution is 5.67. The van der Waals surface area contributed by atoms with Crippen LogP contribution < -0.4 is 5.32 Å². The van der Waals surface area contributed by atoms with Crippen molar-refractivity contribution in [3.05, 3.63) is 0 Å². The van der Waals surface area contributed by atoms with Crippen LogP contribution in [0.25, 0.3) is 0 Å². The van der Waals surface area contributed by atoms with Crippen LogP contribution in [0.1, 0.15) is 41.0 Å². The molecule has 0 aromatic rings. The largest absolute Gasteiger partial charge is 0.444 e. The van der Waals surface area contributed by atoms with Gasteiger partial charge in [0.2, 0.25) is 0 Å². The Kier molecular flexibility index (Phi) is 9.61. The SMILES string of the molecule is CC(C)CCOCCOCCNC(=O)OC(C)(C)C. The second-order valence-electron chi connectivity index (χ2n) is 5.84. The number of carbonyl (C=O) groups is 1. The highest BCUT2D eigenvalue weighted by Gasteiger charge is 2.15. The summed E-state index contributed by atoms with van der Waals surface area (Å²) < 4.78 is 15.8. The van der Waals surface area contributed by atoms with Gasteiger partial charge in [0.15, 0.2) is 0 Å². The molecule has 0 spiro atoms. The van der Waals surface area contributed by atoms with Gasteiger partial charge in [-0.2, -0.15) is 0 Å². The third-order valence-electron chi connectivity index (χ3n) is 2.13. The minimum Gasteiger partial charge on any atom is -0.444 e. The van der Waals surface area contributed by atoms with Gasteiger partial charge in [0.05, 0.1) is 19.8 Å². The first-order valence-corrected chi connectivity index (χ1v) is 6.93. The van der Waals surface area contributed by atoms with Crippen LogP contribution in [-0.2, 0) is 14.2 Å². The van der Waals surface area contributed by atoms with Gasteiger partial charge >= 0.3 is 6.09 Å². The number of hydrogen-bond donors (Lipinski definition) is 1. The molecule has 0 saturated carbocycles. The Hall–Kier alpha value is -0.810. The monoisotopic (exact) mass is 275 g/mol. The fraction of sp³-hybridized carbons (Fsp3) is 0.929. The summed E-state index contributed by atoms with van der Waals surface area (Å²) in [5.41, 5.74) is -0.463. The van der Waals surface area contributed by atoms with Crippen molar-refractivity contribution in [1.29, 1.82) is 0 Å². The number of ether oxygens (including phenoxy) is 3. The molecule has 5 heteroatoms. The quantitative estimate of drug-likeness (QED) is 0.657. The number of rotatable bonds is 9. The minimum atomic E-state index is -0.463. The molecule has 0 heterocycles. The van der Waals surface area contributed by atoms with E-state index in [1.807, 2.05) is 20.8 Å². The molecule has 0 aliphatic carbocycles. The summed E-state index contributed by atoms with van der Waals surface area (Å²) in [6, 6.07) is 0. The van der Waals surface area contributed by atoms with Gasteiger partial charge in [0, 0.05) is 13.2 Å². The fourth-order valence-corrected chi connectivity index (χ4v) is 1.18. The van der Waals surface area contributed by atoms with Crippen molar-refractivity contribution in [3.8, 4) is 0 Å². The van der Waals surface area contributed by atoms with Gasteiger partial charge in [-0.15, -0.1) is 0 Å². The van der Waals surface area contributed by atoms with E-state index < -0.39 is 11.7 Å². The van der Waals surface area contributed by atoms with Gasteiger partial charge in [-0.3, -0.25) is 0 Å². The molecule has 1 N–H and O–H groups in total. The Morgan fingerprint density at radius 2 is 1.63 bits per heavy atom. The summed E-state index contributed by atoms with van der Waals surface area (Å²) in [7, 11) is 0. The molecule has 114 valence electrons. The summed E-state index contributed by atoms with van der Waals surface area (Å²) >= 11 is 0. The molecular formula is C14H29NO4. The molecule has 5 nitrogen and oxygen atoms in total. The van der Waals surface area contributed by atoms with Gasteiger partial charge in [-0.1, -0.05) is 13.8 Å². The Labute approximate surface area is 117 Å². The Morgan fingerprint density at radius 3 is 2.16 bits per heavy atom. The third-order valence-corrected chi connectivity index (χ3v) is 2.13. The molecule has 0 aromatic heterocycles. The molecule has 0 radical (unpaired) electrons. The second-order valence-corrected chi connectivity index (χ2v) is 5.84. The topological polar surface area (TPSA) is 56.8 Å². The molecule has 0 unspecified atom stereocenters. The van der Waals surface area contributed by atoms with Crippen LogP contribution in [0.15, 0.2) is 0 Å². The highest BCUT2D eigenvalue weighted by Crippen LogP contribution is 2.06. The zero-order chi connectivity index (χ0) is 14.7. The molecule has 1 amide bonds. The molecule has 0 atom stereocenters. The van der Waals surface area contributed by atoms with Crippen LogP contribution in [-0.4, -0.2) is 44.7 Å². The predicted molar refractivity (Wildman–Crippen MR) is 75.3 cm³/mol. The van der Waals surface area contributed by atoms with Crippen molar-refractivity contribution in [3.63, 3.8) is 0 Å². The minimum absolute atomic E-state index is 0.413. The van der Waals surface area contributed by atoms with Crippen LogP contribution in [0.5, 0.6) is 0 Å². The van der Waals surface area contributed by atoms with E-state index in [0.29, 0.717) is 32.3 Å². The van der Waals surface area contributed by atoms with Crippen LogP contribution in [0.4, 0.5) is 4.79 Å². The summed E-state index contributed by atoms with van der Waals surface area (Å²) in [6.07, 6.45) is 0.657. The summed E-state index contributed by atoms with van der Waals surface area (Å²) in [6.45, 7) is 12.7. The maximum absolute atomic E-state index is 11.3. The van der Waals surface area contributed by atoms with Crippen LogP contribution >= 0.6 is 0 Å². The van der Waals surface area contributed by atoms with Crippen LogP contribution in [0, 0.1) is 5.92 Å². The normalized spacial score (nSPS) is 11.7. The van der Waals surface area contributed by atoms with Gasteiger partial charge < -0.3 is 19.5 Å². The molecule has 0 saturated heterocycles. The van der Waals surface area contributed by atoms with E-state index in [4.69, 9.17) is 14.2 Å². The predicted octanol–water partition coefficient (Wildman–Crippen LogP) is 2.59. The summed E-state index contributed by atoms with van der Waals surface area (Å²) in [5, 5.41) is 2.63. The van der Waals surface area contributed by atoms with Crippen molar-refractivity contribution in [2.45, 2.75) is 46.6 Å². The first kappa shape index (κ1) is 18.2. The fourth-order valence-electron chi connectivity index (χ4n) is 1.18. The highest BCUT2D eigenvalue weighted by atomic mass is 16.6. The van der Waals surface area contributed by atoms with Crippen molar-refractivity contribution in [2.24, 2.45) is 5.92 Å². The van der Waals surface area contributed by atoms with E-state index in [9.17, 15) is 4.79 Å². The lowest BCUT2D eigenvalue weighted by Crippen LogP contribution is -2.34. The number of carbonyl (C=O) groups excluding carboxylic acids is 1. The van der Waals surface area contributed by atoms with E-state index in [1.165, 1.54) is 0 Å².